The minimum atomic E-state index is -0.211. The van der Waals surface area contributed by atoms with Crippen molar-refractivity contribution in [2.24, 2.45) is 0 Å². The van der Waals surface area contributed by atoms with E-state index in [1.54, 1.807) is 0 Å². The van der Waals surface area contributed by atoms with Crippen LogP contribution < -0.4 is 4.90 Å². The molecule has 3 heterocycles. The summed E-state index contributed by atoms with van der Waals surface area (Å²) in [5.41, 5.74) is 11.9. The van der Waals surface area contributed by atoms with E-state index >= 15 is 0 Å². The maximum absolute atomic E-state index is 7.91. The zero-order valence-electron chi connectivity index (χ0n) is 24.0. The van der Waals surface area contributed by atoms with Gasteiger partial charge in [0.1, 0.15) is 16.0 Å². The van der Waals surface area contributed by atoms with Crippen molar-refractivity contribution in [2.45, 2.75) is 19.3 Å². The lowest BCUT2D eigenvalue weighted by Gasteiger charge is -2.42. The molecule has 1 aliphatic heterocycles. The Kier molecular flexibility index (Phi) is 6.16. The first-order valence-corrected chi connectivity index (χ1v) is 15.9. The fourth-order valence-electron chi connectivity index (χ4n) is 6.23. The minimum Gasteiger partial charge on any atom is -0.310 e. The maximum atomic E-state index is 7.91. The number of hydrogen-bond donors (Lipinski definition) is 0. The van der Waals surface area contributed by atoms with Crippen LogP contribution in [0.25, 0.3) is 49.0 Å². The number of hydrogen-bond acceptors (Lipinski definition) is 6. The standard InChI is InChI=1S/C37H25N5S2/c1-37(2)27-13-7-9-15-31(27)42(25-11-5-4-6-12-25)32-20-18-23(21-28(32)37)26-19-17-24(34-35(26)41-44-40-34)22-30(38-3)36-39-29-14-8-10-16-33(29)43-36/h4-22H,1-2H3/b30-22-. The number of nitrogens with zero attached hydrogens (tertiary/aromatic N) is 5. The van der Waals surface area contributed by atoms with Crippen LogP contribution in [-0.4, -0.2) is 13.7 Å². The van der Waals surface area contributed by atoms with Gasteiger partial charge in [0.2, 0.25) is 5.70 Å². The van der Waals surface area contributed by atoms with Crippen LogP contribution in [0, 0.1) is 6.57 Å². The van der Waals surface area contributed by atoms with E-state index in [0.29, 0.717) is 10.7 Å². The van der Waals surface area contributed by atoms with Gasteiger partial charge in [0, 0.05) is 16.7 Å². The van der Waals surface area contributed by atoms with Gasteiger partial charge in [-0.15, -0.1) is 11.3 Å². The Labute approximate surface area is 263 Å². The van der Waals surface area contributed by atoms with E-state index in [2.05, 4.69) is 107 Å². The molecule has 0 amide bonds. The predicted molar refractivity (Wildman–Crippen MR) is 184 cm³/mol. The van der Waals surface area contributed by atoms with Crippen LogP contribution in [0.15, 0.2) is 109 Å². The summed E-state index contributed by atoms with van der Waals surface area (Å²) in [7, 11) is 0. The van der Waals surface area contributed by atoms with Gasteiger partial charge in [-0.3, -0.25) is 0 Å². The van der Waals surface area contributed by atoms with Gasteiger partial charge < -0.3 is 4.90 Å². The number of rotatable bonds is 4. The maximum Gasteiger partial charge on any atom is 0.222 e. The molecule has 7 aromatic rings. The number of anilines is 3. The molecule has 0 aliphatic carbocycles. The van der Waals surface area contributed by atoms with Gasteiger partial charge in [0.05, 0.1) is 39.9 Å². The summed E-state index contributed by atoms with van der Waals surface area (Å²) < 4.78 is 10.5. The van der Waals surface area contributed by atoms with E-state index in [-0.39, 0.29) is 5.41 Å². The van der Waals surface area contributed by atoms with Gasteiger partial charge in [-0.2, -0.15) is 8.75 Å². The Balaban J connectivity index is 1.25. The molecule has 2 aromatic heterocycles. The van der Waals surface area contributed by atoms with Crippen LogP contribution in [0.4, 0.5) is 17.1 Å². The highest BCUT2D eigenvalue weighted by molar-refractivity contribution is 7.19. The molecule has 0 bridgehead atoms. The fourth-order valence-corrected chi connectivity index (χ4v) is 7.74. The molecule has 5 nitrogen and oxygen atoms in total. The minimum absolute atomic E-state index is 0.211. The smallest absolute Gasteiger partial charge is 0.222 e. The third-order valence-electron chi connectivity index (χ3n) is 8.43. The van der Waals surface area contributed by atoms with E-state index in [9.17, 15) is 0 Å². The Morgan fingerprint density at radius 1 is 0.795 bits per heavy atom. The van der Waals surface area contributed by atoms with Crippen molar-refractivity contribution < 1.29 is 0 Å². The quantitative estimate of drug-likeness (QED) is 0.188. The monoisotopic (exact) mass is 603 g/mol. The third-order valence-corrected chi connectivity index (χ3v) is 10.0. The zero-order valence-corrected chi connectivity index (χ0v) is 25.7. The molecule has 0 unspecified atom stereocenters. The van der Waals surface area contributed by atoms with Crippen molar-refractivity contribution >= 4 is 73.2 Å². The van der Waals surface area contributed by atoms with Crippen molar-refractivity contribution in [3.8, 4) is 11.1 Å². The molecule has 0 fully saturated rings. The fraction of sp³-hybridized carbons (Fsp3) is 0.0811. The lowest BCUT2D eigenvalue weighted by atomic mass is 9.73. The highest BCUT2D eigenvalue weighted by Gasteiger charge is 2.37. The summed E-state index contributed by atoms with van der Waals surface area (Å²) in [5.74, 6) is 0. The van der Waals surface area contributed by atoms with Gasteiger partial charge in [0.25, 0.3) is 0 Å². The van der Waals surface area contributed by atoms with Gasteiger partial charge >= 0.3 is 0 Å². The molecule has 8 rings (SSSR count). The molecule has 1 aliphatic rings. The second-order valence-electron chi connectivity index (χ2n) is 11.3. The molecule has 0 atom stereocenters. The summed E-state index contributed by atoms with van der Waals surface area (Å²) in [4.78, 5) is 10.9. The van der Waals surface area contributed by atoms with Crippen molar-refractivity contribution in [2.75, 3.05) is 4.90 Å². The first kappa shape index (κ1) is 26.5. The Morgan fingerprint density at radius 3 is 2.39 bits per heavy atom. The Bertz CT molecular complexity index is 2260. The van der Waals surface area contributed by atoms with Crippen molar-refractivity contribution in [3.63, 3.8) is 0 Å². The van der Waals surface area contributed by atoms with Crippen LogP contribution in [-0.2, 0) is 5.41 Å². The molecule has 5 aromatic carbocycles. The highest BCUT2D eigenvalue weighted by Crippen LogP contribution is 2.52. The van der Waals surface area contributed by atoms with E-state index in [1.807, 2.05) is 36.4 Å². The summed E-state index contributed by atoms with van der Waals surface area (Å²) in [6, 6.07) is 38.1. The second-order valence-corrected chi connectivity index (χ2v) is 12.9. The van der Waals surface area contributed by atoms with Crippen LogP contribution in [0.5, 0.6) is 0 Å². The van der Waals surface area contributed by atoms with Gasteiger partial charge in [0.15, 0.2) is 0 Å². The molecular weight excluding hydrogens is 579 g/mol. The molecular formula is C37H25N5S2. The predicted octanol–water partition coefficient (Wildman–Crippen LogP) is 10.5. The first-order valence-electron chi connectivity index (χ1n) is 14.3. The topological polar surface area (TPSA) is 46.3 Å². The molecule has 0 N–H and O–H groups in total. The molecule has 0 radical (unpaired) electrons. The van der Waals surface area contributed by atoms with Crippen molar-refractivity contribution in [1.29, 1.82) is 0 Å². The number of benzene rings is 5. The summed E-state index contributed by atoms with van der Waals surface area (Å²) in [5, 5.41) is 0.710. The molecule has 7 heteroatoms. The summed E-state index contributed by atoms with van der Waals surface area (Å²) in [6.45, 7) is 12.5. The first-order chi connectivity index (χ1) is 21.5. The Hall–Kier alpha value is -5.16. The summed E-state index contributed by atoms with van der Waals surface area (Å²) >= 11 is 2.73. The van der Waals surface area contributed by atoms with Crippen molar-refractivity contribution in [3.05, 3.63) is 142 Å². The van der Waals surface area contributed by atoms with Crippen LogP contribution >= 0.6 is 23.1 Å². The number of aromatic nitrogens is 3. The average Bonchev–Trinajstić information content (AvgIpc) is 3.73. The van der Waals surface area contributed by atoms with Gasteiger partial charge in [-0.1, -0.05) is 80.6 Å². The average molecular weight is 604 g/mol. The SMILES string of the molecule is [C-]#[N+]/C(=C\c1ccc(-c2ccc3c(c2)C(C)(C)c2ccccc2N3c2ccccc2)c2nsnc12)c1nc2ccccc2s1. The molecule has 0 saturated carbocycles. The summed E-state index contributed by atoms with van der Waals surface area (Å²) in [6.07, 6.45) is 1.89. The van der Waals surface area contributed by atoms with E-state index < -0.39 is 0 Å². The highest BCUT2D eigenvalue weighted by atomic mass is 32.1. The van der Waals surface area contributed by atoms with E-state index in [1.165, 1.54) is 45.6 Å². The second kappa shape index (κ2) is 10.2. The normalized spacial score (nSPS) is 13.9. The number of thiazole rings is 1. The van der Waals surface area contributed by atoms with Crippen LogP contribution in [0.2, 0.25) is 0 Å². The number of fused-ring (bicyclic) bond motifs is 4. The van der Waals surface area contributed by atoms with Crippen molar-refractivity contribution in [1.82, 2.24) is 13.7 Å². The zero-order chi connectivity index (χ0) is 29.8. The van der Waals surface area contributed by atoms with Gasteiger partial charge in [-0.05, 0) is 70.8 Å². The lowest BCUT2D eigenvalue weighted by Crippen LogP contribution is -2.30. The van der Waals surface area contributed by atoms with Crippen LogP contribution in [0.3, 0.4) is 0 Å². The molecule has 0 spiro atoms. The van der Waals surface area contributed by atoms with E-state index in [4.69, 9.17) is 15.9 Å². The lowest BCUT2D eigenvalue weighted by molar-refractivity contribution is 0.632. The third kappa shape index (κ3) is 4.15. The van der Waals surface area contributed by atoms with Crippen LogP contribution in [0.1, 0.15) is 35.5 Å². The largest absolute Gasteiger partial charge is 0.310 e. The molecule has 210 valence electrons. The van der Waals surface area contributed by atoms with E-state index in [0.717, 1.165) is 43.6 Å². The number of para-hydroxylation sites is 3. The Morgan fingerprint density at radius 2 is 1.55 bits per heavy atom. The molecule has 44 heavy (non-hydrogen) atoms. The van der Waals surface area contributed by atoms with Gasteiger partial charge in [-0.25, -0.2) is 9.83 Å². The molecule has 0 saturated heterocycles.